The molecule has 0 bridgehead atoms. The highest BCUT2D eigenvalue weighted by Crippen LogP contribution is 2.16. The Morgan fingerprint density at radius 3 is 0.714 bits per heavy atom. The molecule has 12 heteroatoms. The SMILES string of the molecule is C.CC/C=C\C/C=C\C/C=C\CCCCCCCC(=O)OCC(O)CCC.CC/C=C\C/C=C\C/C=C\CCCCCCCC(=O)OCC(O)CCCCCC.CC/C=C\C/C=C\C/C=C\CCCCCCCC(=O)OCCC(O)CCCCCC.CCCCC/C=C\C/C=C\CCCCCCCC(=O)OCC(O)CCC. The van der Waals surface area contributed by atoms with Crippen LogP contribution in [0.15, 0.2) is 134 Å². The van der Waals surface area contributed by atoms with Crippen LogP contribution in [0.3, 0.4) is 0 Å². The summed E-state index contributed by atoms with van der Waals surface area (Å²) in [4.78, 5) is 46.5. The van der Waals surface area contributed by atoms with Gasteiger partial charge in [0.2, 0.25) is 0 Å². The number of hydrogen-bond acceptors (Lipinski definition) is 12. The summed E-state index contributed by atoms with van der Waals surface area (Å²) in [5, 5.41) is 38.7. The van der Waals surface area contributed by atoms with Crippen LogP contribution in [0.2, 0.25) is 0 Å². The Morgan fingerprint density at radius 2 is 0.438 bits per heavy atom. The summed E-state index contributed by atoms with van der Waals surface area (Å²) in [6.45, 7) is 17.9. The first-order chi connectivity index (χ1) is 54.3. The lowest BCUT2D eigenvalue weighted by atomic mass is 10.1. The van der Waals surface area contributed by atoms with E-state index in [2.05, 4.69) is 175 Å². The molecule has 0 saturated heterocycles. The summed E-state index contributed by atoms with van der Waals surface area (Å²) in [6.07, 6.45) is 106. The monoisotopic (exact) mass is 1570 g/mol. The zero-order chi connectivity index (χ0) is 82.1. The minimum Gasteiger partial charge on any atom is -0.466 e. The van der Waals surface area contributed by atoms with E-state index >= 15 is 0 Å². The first-order valence-electron chi connectivity index (χ1n) is 45.8. The molecule has 0 fully saturated rings. The lowest BCUT2D eigenvalue weighted by Gasteiger charge is -2.11. The van der Waals surface area contributed by atoms with E-state index in [1.807, 2.05) is 13.8 Å². The Bertz CT molecular complexity index is 2270. The van der Waals surface area contributed by atoms with Crippen molar-refractivity contribution in [3.8, 4) is 0 Å². The second-order valence-corrected chi connectivity index (χ2v) is 29.7. The van der Waals surface area contributed by atoms with Gasteiger partial charge < -0.3 is 39.4 Å². The molecule has 0 aromatic carbocycles. The highest BCUT2D eigenvalue weighted by Gasteiger charge is 2.12. The van der Waals surface area contributed by atoms with Gasteiger partial charge in [0.1, 0.15) is 19.8 Å². The van der Waals surface area contributed by atoms with Crippen molar-refractivity contribution in [1.82, 2.24) is 0 Å². The Morgan fingerprint density at radius 1 is 0.223 bits per heavy atom. The Kier molecular flexibility index (Phi) is 107. The summed E-state index contributed by atoms with van der Waals surface area (Å²) in [6, 6.07) is 0. The predicted octanol–water partition coefficient (Wildman–Crippen LogP) is 28.7. The van der Waals surface area contributed by atoms with Crippen LogP contribution in [0, 0.1) is 0 Å². The summed E-state index contributed by atoms with van der Waals surface area (Å²) < 4.78 is 20.6. The fraction of sp³-hybridized carbons (Fsp3) is 0.740. The summed E-state index contributed by atoms with van der Waals surface area (Å²) >= 11 is 0. The van der Waals surface area contributed by atoms with Gasteiger partial charge in [0.05, 0.1) is 31.0 Å². The average molecular weight is 1570 g/mol. The van der Waals surface area contributed by atoms with E-state index in [1.165, 1.54) is 135 Å². The Balaban J connectivity index is -0.000000454. The molecule has 0 rings (SSSR count). The molecule has 0 radical (unpaired) electrons. The number of aliphatic hydroxyl groups is 4. The minimum atomic E-state index is -0.509. The number of esters is 4. The number of allylic oxidation sites excluding steroid dienone is 22. The third-order valence-electron chi connectivity index (χ3n) is 18.5. The van der Waals surface area contributed by atoms with E-state index in [1.54, 1.807) is 0 Å². The second-order valence-electron chi connectivity index (χ2n) is 29.7. The van der Waals surface area contributed by atoms with Crippen molar-refractivity contribution in [2.24, 2.45) is 0 Å². The lowest BCUT2D eigenvalue weighted by molar-refractivity contribution is -0.147. The second kappa shape index (κ2) is 104. The largest absolute Gasteiger partial charge is 0.466 e. The Labute approximate surface area is 692 Å². The van der Waals surface area contributed by atoms with Crippen molar-refractivity contribution in [2.45, 2.75) is 453 Å². The smallest absolute Gasteiger partial charge is 0.305 e. The third-order valence-corrected chi connectivity index (χ3v) is 18.5. The first kappa shape index (κ1) is 115. The molecule has 0 aliphatic carbocycles. The van der Waals surface area contributed by atoms with E-state index in [-0.39, 0.29) is 57.2 Å². The molecule has 4 unspecified atom stereocenters. The molecule has 0 spiro atoms. The zero-order valence-corrected chi connectivity index (χ0v) is 73.2. The van der Waals surface area contributed by atoms with Crippen LogP contribution in [0.4, 0.5) is 0 Å². The van der Waals surface area contributed by atoms with Crippen LogP contribution in [0.1, 0.15) is 429 Å². The molecule has 0 aromatic heterocycles. The van der Waals surface area contributed by atoms with E-state index in [0.717, 1.165) is 186 Å². The van der Waals surface area contributed by atoms with Gasteiger partial charge >= 0.3 is 23.9 Å². The van der Waals surface area contributed by atoms with Crippen LogP contribution in [0.5, 0.6) is 0 Å². The number of ether oxygens (including phenoxy) is 4. The Hall–Kier alpha value is -5.14. The van der Waals surface area contributed by atoms with Crippen molar-refractivity contribution < 1.29 is 58.6 Å². The minimum absolute atomic E-state index is 0. The number of aliphatic hydroxyl groups excluding tert-OH is 4. The maximum Gasteiger partial charge on any atom is 0.305 e. The summed E-state index contributed by atoms with van der Waals surface area (Å²) in [7, 11) is 0. The van der Waals surface area contributed by atoms with Crippen molar-refractivity contribution in [3.63, 3.8) is 0 Å². The maximum absolute atomic E-state index is 11.7. The molecule has 12 nitrogen and oxygen atoms in total. The third kappa shape index (κ3) is 109. The zero-order valence-electron chi connectivity index (χ0n) is 73.2. The van der Waals surface area contributed by atoms with Gasteiger partial charge in [-0.25, -0.2) is 0 Å². The molecule has 652 valence electrons. The maximum atomic E-state index is 11.7. The number of rotatable bonds is 76. The number of carbonyl (C=O) groups excluding carboxylic acids is 4. The fourth-order valence-electron chi connectivity index (χ4n) is 11.6. The van der Waals surface area contributed by atoms with Gasteiger partial charge in [0.15, 0.2) is 0 Å². The average Bonchev–Trinajstić information content (AvgIpc) is 1.10. The quantitative estimate of drug-likeness (QED) is 0.0196. The number of hydrogen-bond donors (Lipinski definition) is 4. The van der Waals surface area contributed by atoms with Crippen LogP contribution in [-0.4, -0.2) is 95.1 Å². The molecule has 112 heavy (non-hydrogen) atoms. The van der Waals surface area contributed by atoms with Gasteiger partial charge in [-0.15, -0.1) is 0 Å². The number of unbranched alkanes of at least 4 members (excludes halogenated alkanes) is 29. The molecule has 0 aliphatic heterocycles. The molecule has 0 amide bonds. The molecule has 0 saturated carbocycles. The van der Waals surface area contributed by atoms with Crippen LogP contribution in [0.25, 0.3) is 0 Å². The van der Waals surface area contributed by atoms with Gasteiger partial charge in [-0.1, -0.05) is 351 Å². The molecule has 4 atom stereocenters. The van der Waals surface area contributed by atoms with Gasteiger partial charge in [0, 0.05) is 32.1 Å². The highest BCUT2D eigenvalue weighted by molar-refractivity contribution is 5.70. The first-order valence-corrected chi connectivity index (χ1v) is 45.8. The predicted molar refractivity (Wildman–Crippen MR) is 484 cm³/mol. The van der Waals surface area contributed by atoms with E-state index in [9.17, 15) is 39.6 Å². The number of carbonyl (C=O) groups is 4. The van der Waals surface area contributed by atoms with Crippen molar-refractivity contribution in [2.75, 3.05) is 26.4 Å². The molecular weight excluding hydrogens is 1390 g/mol. The van der Waals surface area contributed by atoms with Crippen molar-refractivity contribution in [3.05, 3.63) is 134 Å². The summed E-state index contributed by atoms with van der Waals surface area (Å²) in [5.74, 6) is -0.639. The van der Waals surface area contributed by atoms with E-state index in [4.69, 9.17) is 18.9 Å². The molecular formula is C100H180O12. The summed E-state index contributed by atoms with van der Waals surface area (Å²) in [5.41, 5.74) is 0. The van der Waals surface area contributed by atoms with Crippen molar-refractivity contribution in [1.29, 1.82) is 0 Å². The standard InChI is InChI=1S/C27H48O3.C26H46O3.C23H42O3.C23H40O3.CH4/c1-3-5-7-9-10-11-12-13-14-15-16-17-18-19-21-23-27(29)30-25-24-26(28)22-20-8-6-4-2;1-3-5-7-9-10-11-12-13-14-15-16-17-18-19-21-23-26(28)29-24-25(27)22-20-8-6-4-2;2*1-3-5-6-7-8-9-10-11-12-13-14-15-16-17-18-20-23(25)26-21-22(24)19-4-2;/h5,7,10-11,13-14,26,28H,3-4,6,8-9,12,15-25H2,1-2H3;5,7,10-11,13-14,25,27H,3-4,6,8-9,12,15-24H2,1-2H3;8-9,11-12,22,24H,3-7,10,13-21H2,1-2H3;5-6,8-9,11-12,22,24H,3-4,7,10,13-21H2,1-2H3;1H4/b2*7-5-,11-10-,14-13-;9-8-,12-11-;6-5-,9-8-,12-11-;. The van der Waals surface area contributed by atoms with Crippen molar-refractivity contribution >= 4 is 23.9 Å². The normalized spacial score (nSPS) is 12.9. The van der Waals surface area contributed by atoms with E-state index < -0.39 is 18.3 Å². The lowest BCUT2D eigenvalue weighted by Crippen LogP contribution is -2.18. The molecule has 0 aromatic rings. The van der Waals surface area contributed by atoms with Gasteiger partial charge in [0.25, 0.3) is 0 Å². The van der Waals surface area contributed by atoms with Gasteiger partial charge in [-0.3, -0.25) is 19.2 Å². The fourth-order valence-corrected chi connectivity index (χ4v) is 11.6. The molecule has 0 heterocycles. The topological polar surface area (TPSA) is 186 Å². The molecule has 0 aliphatic rings. The van der Waals surface area contributed by atoms with Crippen LogP contribution >= 0.6 is 0 Å². The van der Waals surface area contributed by atoms with Crippen LogP contribution in [-0.2, 0) is 38.1 Å². The molecule has 4 N–H and O–H groups in total. The van der Waals surface area contributed by atoms with E-state index in [0.29, 0.717) is 51.6 Å². The highest BCUT2D eigenvalue weighted by atomic mass is 16.6. The van der Waals surface area contributed by atoms with Gasteiger partial charge in [-0.05, 0) is 180 Å². The van der Waals surface area contributed by atoms with Crippen LogP contribution < -0.4 is 0 Å². The van der Waals surface area contributed by atoms with Gasteiger partial charge in [-0.2, -0.15) is 0 Å².